The van der Waals surface area contributed by atoms with Crippen molar-refractivity contribution in [3.8, 4) is 0 Å². The number of hydrogen-bond donors (Lipinski definition) is 3. The van der Waals surface area contributed by atoms with Crippen molar-refractivity contribution in [2.24, 2.45) is 0 Å². The van der Waals surface area contributed by atoms with E-state index in [9.17, 15) is 4.79 Å². The number of nitrogens with zero attached hydrogens (tertiary/aromatic N) is 2. The van der Waals surface area contributed by atoms with Gasteiger partial charge in [0.2, 0.25) is 5.91 Å². The summed E-state index contributed by atoms with van der Waals surface area (Å²) in [5, 5.41) is 12.4. The van der Waals surface area contributed by atoms with Gasteiger partial charge in [0.25, 0.3) is 0 Å². The molecule has 0 aromatic carbocycles. The van der Waals surface area contributed by atoms with E-state index in [1.165, 1.54) is 6.33 Å². The fraction of sp³-hybridized carbons (Fsp3) is 0.667. The molecule has 0 aliphatic carbocycles. The Morgan fingerprint density at radius 1 is 1.60 bits per heavy atom. The lowest BCUT2D eigenvalue weighted by Gasteiger charge is -2.22. The third kappa shape index (κ3) is 2.76. The molecule has 1 fully saturated rings. The number of aromatic amines is 1. The van der Waals surface area contributed by atoms with Crippen LogP contribution in [0.25, 0.3) is 0 Å². The van der Waals surface area contributed by atoms with Gasteiger partial charge < -0.3 is 10.6 Å². The average Bonchev–Trinajstić information content (AvgIpc) is 2.80. The summed E-state index contributed by atoms with van der Waals surface area (Å²) >= 11 is 0. The van der Waals surface area contributed by atoms with Gasteiger partial charge >= 0.3 is 0 Å². The highest BCUT2D eigenvalue weighted by atomic mass is 16.2. The maximum atomic E-state index is 11.7. The second kappa shape index (κ2) is 4.88. The molecule has 0 saturated carbocycles. The van der Waals surface area contributed by atoms with Crippen LogP contribution in [0.1, 0.15) is 25.1 Å². The van der Waals surface area contributed by atoms with Crippen LogP contribution in [0.3, 0.4) is 0 Å². The third-order valence-corrected chi connectivity index (χ3v) is 2.52. The van der Waals surface area contributed by atoms with E-state index in [0.29, 0.717) is 12.4 Å². The van der Waals surface area contributed by atoms with Gasteiger partial charge in [0.15, 0.2) is 0 Å². The molecule has 1 aliphatic rings. The first-order chi connectivity index (χ1) is 7.36. The highest BCUT2D eigenvalue weighted by Gasteiger charge is 2.19. The SMILES string of the molecule is O=C(NCc1ncn[nH]1)[C@@H]1CCCCN1. The predicted octanol–water partition coefficient (Wildman–Crippen LogP) is -0.437. The third-order valence-electron chi connectivity index (χ3n) is 2.52. The van der Waals surface area contributed by atoms with Crippen LogP contribution in [0.4, 0.5) is 0 Å². The molecule has 0 radical (unpaired) electrons. The maximum absolute atomic E-state index is 11.7. The summed E-state index contributed by atoms with van der Waals surface area (Å²) in [5.74, 6) is 0.727. The molecule has 2 rings (SSSR count). The molecule has 6 nitrogen and oxygen atoms in total. The van der Waals surface area contributed by atoms with Gasteiger partial charge in [-0.1, -0.05) is 6.42 Å². The van der Waals surface area contributed by atoms with E-state index in [0.717, 1.165) is 25.8 Å². The summed E-state index contributed by atoms with van der Waals surface area (Å²) in [6.45, 7) is 1.34. The van der Waals surface area contributed by atoms with Crippen LogP contribution in [0, 0.1) is 0 Å². The van der Waals surface area contributed by atoms with Crippen LogP contribution in [-0.2, 0) is 11.3 Å². The number of aromatic nitrogens is 3. The minimum atomic E-state index is -0.0401. The van der Waals surface area contributed by atoms with E-state index < -0.39 is 0 Å². The number of H-pyrrole nitrogens is 1. The Balaban J connectivity index is 1.76. The van der Waals surface area contributed by atoms with E-state index in [1.807, 2.05) is 0 Å². The predicted molar refractivity (Wildman–Crippen MR) is 53.9 cm³/mol. The van der Waals surface area contributed by atoms with E-state index in [-0.39, 0.29) is 11.9 Å². The van der Waals surface area contributed by atoms with Gasteiger partial charge in [-0.3, -0.25) is 9.89 Å². The molecule has 1 atom stereocenters. The zero-order valence-electron chi connectivity index (χ0n) is 8.49. The minimum Gasteiger partial charge on any atom is -0.347 e. The highest BCUT2D eigenvalue weighted by Crippen LogP contribution is 2.06. The number of nitrogens with one attached hydrogen (secondary N) is 3. The Hall–Kier alpha value is -1.43. The molecular formula is C9H15N5O. The zero-order valence-corrected chi connectivity index (χ0v) is 8.49. The quantitative estimate of drug-likeness (QED) is 0.630. The molecule has 3 N–H and O–H groups in total. The van der Waals surface area contributed by atoms with Crippen LogP contribution in [0.15, 0.2) is 6.33 Å². The smallest absolute Gasteiger partial charge is 0.237 e. The van der Waals surface area contributed by atoms with Gasteiger partial charge in [0, 0.05) is 0 Å². The molecule has 1 aromatic heterocycles. The van der Waals surface area contributed by atoms with Gasteiger partial charge in [0.05, 0.1) is 12.6 Å². The lowest BCUT2D eigenvalue weighted by molar-refractivity contribution is -0.123. The minimum absolute atomic E-state index is 0.0401. The van der Waals surface area contributed by atoms with Gasteiger partial charge in [-0.25, -0.2) is 4.98 Å². The number of amides is 1. The van der Waals surface area contributed by atoms with E-state index >= 15 is 0 Å². The van der Waals surface area contributed by atoms with Crippen molar-refractivity contribution in [3.63, 3.8) is 0 Å². The van der Waals surface area contributed by atoms with Gasteiger partial charge in [-0.15, -0.1) is 0 Å². The van der Waals surface area contributed by atoms with Crippen molar-refractivity contribution in [1.82, 2.24) is 25.8 Å². The summed E-state index contributed by atoms with van der Waals surface area (Å²) in [7, 11) is 0. The molecule has 1 aromatic rings. The van der Waals surface area contributed by atoms with Gasteiger partial charge in [-0.2, -0.15) is 5.10 Å². The number of carbonyl (C=O) groups is 1. The number of rotatable bonds is 3. The number of carbonyl (C=O) groups excluding carboxylic acids is 1. The molecule has 82 valence electrons. The molecule has 0 spiro atoms. The Labute approximate surface area is 87.9 Å². The molecule has 1 saturated heterocycles. The lowest BCUT2D eigenvalue weighted by atomic mass is 10.0. The molecule has 1 amide bonds. The monoisotopic (exact) mass is 209 g/mol. The maximum Gasteiger partial charge on any atom is 0.237 e. The Kier molecular flexibility index (Phi) is 3.29. The van der Waals surface area contributed by atoms with Crippen molar-refractivity contribution in [2.45, 2.75) is 31.8 Å². The first-order valence-corrected chi connectivity index (χ1v) is 5.21. The largest absolute Gasteiger partial charge is 0.347 e. The highest BCUT2D eigenvalue weighted by molar-refractivity contribution is 5.81. The number of piperidine rings is 1. The Morgan fingerprint density at radius 2 is 2.53 bits per heavy atom. The second-order valence-electron chi connectivity index (χ2n) is 3.65. The molecule has 15 heavy (non-hydrogen) atoms. The molecule has 0 bridgehead atoms. The summed E-state index contributed by atoms with van der Waals surface area (Å²) < 4.78 is 0. The standard InChI is InChI=1S/C9H15N5O/c15-9(7-3-1-2-4-10-7)11-5-8-12-6-13-14-8/h6-7,10H,1-5H2,(H,11,15)(H,12,13,14)/t7-/m0/s1. The van der Waals surface area contributed by atoms with Crippen molar-refractivity contribution in [2.75, 3.05) is 6.54 Å². The van der Waals surface area contributed by atoms with Crippen LogP contribution in [0.2, 0.25) is 0 Å². The van der Waals surface area contributed by atoms with Crippen LogP contribution in [-0.4, -0.2) is 33.7 Å². The van der Waals surface area contributed by atoms with Crippen molar-refractivity contribution < 1.29 is 4.79 Å². The molecule has 1 aliphatic heterocycles. The van der Waals surface area contributed by atoms with Gasteiger partial charge in [-0.05, 0) is 19.4 Å². The fourth-order valence-electron chi connectivity index (χ4n) is 1.69. The molecule has 0 unspecified atom stereocenters. The summed E-state index contributed by atoms with van der Waals surface area (Å²) in [4.78, 5) is 15.6. The van der Waals surface area contributed by atoms with E-state index in [4.69, 9.17) is 0 Å². The fourth-order valence-corrected chi connectivity index (χ4v) is 1.69. The average molecular weight is 209 g/mol. The molecule has 2 heterocycles. The molecular weight excluding hydrogens is 194 g/mol. The summed E-state index contributed by atoms with van der Waals surface area (Å²) in [6, 6.07) is -0.0401. The van der Waals surface area contributed by atoms with Gasteiger partial charge in [0.1, 0.15) is 12.2 Å². The van der Waals surface area contributed by atoms with Crippen molar-refractivity contribution in [1.29, 1.82) is 0 Å². The normalized spacial score (nSPS) is 21.2. The Bertz CT molecular complexity index is 304. The summed E-state index contributed by atoms with van der Waals surface area (Å²) in [6.07, 6.45) is 4.63. The van der Waals surface area contributed by atoms with Crippen LogP contribution in [0.5, 0.6) is 0 Å². The topological polar surface area (TPSA) is 82.7 Å². The van der Waals surface area contributed by atoms with Crippen molar-refractivity contribution in [3.05, 3.63) is 12.2 Å². The lowest BCUT2D eigenvalue weighted by Crippen LogP contribution is -2.46. The first-order valence-electron chi connectivity index (χ1n) is 5.21. The number of hydrogen-bond acceptors (Lipinski definition) is 4. The second-order valence-corrected chi connectivity index (χ2v) is 3.65. The van der Waals surface area contributed by atoms with Crippen molar-refractivity contribution >= 4 is 5.91 Å². The van der Waals surface area contributed by atoms with Crippen LogP contribution >= 0.6 is 0 Å². The van der Waals surface area contributed by atoms with Crippen LogP contribution < -0.4 is 10.6 Å². The van der Waals surface area contributed by atoms with E-state index in [1.54, 1.807) is 0 Å². The first kappa shape index (κ1) is 10.1. The Morgan fingerprint density at radius 3 is 3.20 bits per heavy atom. The summed E-state index contributed by atoms with van der Waals surface area (Å²) in [5.41, 5.74) is 0. The van der Waals surface area contributed by atoms with E-state index in [2.05, 4.69) is 25.8 Å². The molecule has 6 heteroatoms. The zero-order chi connectivity index (χ0) is 10.5.